The van der Waals surface area contributed by atoms with Crippen LogP contribution in [0.5, 0.6) is 5.75 Å². The Kier molecular flexibility index (Phi) is 7.55. The summed E-state index contributed by atoms with van der Waals surface area (Å²) < 4.78 is 33.5. The Morgan fingerprint density at radius 3 is 2.53 bits per heavy atom. The van der Waals surface area contributed by atoms with Crippen molar-refractivity contribution in [1.29, 1.82) is 0 Å². The van der Waals surface area contributed by atoms with Crippen LogP contribution >= 0.6 is 15.9 Å². The molecule has 0 spiro atoms. The van der Waals surface area contributed by atoms with Gasteiger partial charge in [0, 0.05) is 35.2 Å². The van der Waals surface area contributed by atoms with E-state index in [1.807, 2.05) is 50.2 Å². The molecular formula is C22H27BrN2O4S. The van der Waals surface area contributed by atoms with Crippen molar-refractivity contribution in [3.05, 3.63) is 58.6 Å². The van der Waals surface area contributed by atoms with Gasteiger partial charge in [-0.05, 0) is 56.5 Å². The van der Waals surface area contributed by atoms with Gasteiger partial charge in [-0.3, -0.25) is 4.79 Å². The molecule has 1 amide bonds. The molecule has 1 aliphatic rings. The summed E-state index contributed by atoms with van der Waals surface area (Å²) in [5.74, 6) is 0.375. The number of carbonyl (C=O) groups is 1. The van der Waals surface area contributed by atoms with E-state index in [1.165, 1.54) is 4.31 Å². The zero-order chi connectivity index (χ0) is 21.7. The predicted octanol–water partition coefficient (Wildman–Crippen LogP) is 4.42. The molecule has 1 fully saturated rings. The highest BCUT2D eigenvalue weighted by atomic mass is 79.9. The second-order valence-electron chi connectivity index (χ2n) is 7.74. The van der Waals surface area contributed by atoms with E-state index in [9.17, 15) is 13.2 Å². The SMILES string of the molecule is CC(C)Oc1cccc(NC(=O)C2CCN(S(=O)(=O)Cc3cccc(Br)c3)CC2)c1. The van der Waals surface area contributed by atoms with E-state index >= 15 is 0 Å². The summed E-state index contributed by atoms with van der Waals surface area (Å²) in [6, 6.07) is 14.6. The first-order valence-electron chi connectivity index (χ1n) is 10.0. The smallest absolute Gasteiger partial charge is 0.227 e. The van der Waals surface area contributed by atoms with Gasteiger partial charge in [0.25, 0.3) is 0 Å². The third kappa shape index (κ3) is 6.30. The molecule has 1 heterocycles. The zero-order valence-corrected chi connectivity index (χ0v) is 19.6. The minimum atomic E-state index is -3.41. The van der Waals surface area contributed by atoms with Crippen molar-refractivity contribution >= 4 is 37.5 Å². The van der Waals surface area contributed by atoms with E-state index in [1.54, 1.807) is 12.1 Å². The number of ether oxygens (including phenoxy) is 1. The molecule has 0 atom stereocenters. The van der Waals surface area contributed by atoms with Gasteiger partial charge in [-0.25, -0.2) is 12.7 Å². The van der Waals surface area contributed by atoms with Gasteiger partial charge in [-0.15, -0.1) is 0 Å². The molecule has 1 aliphatic heterocycles. The summed E-state index contributed by atoms with van der Waals surface area (Å²) in [6.07, 6.45) is 1.07. The van der Waals surface area contributed by atoms with Gasteiger partial charge < -0.3 is 10.1 Å². The van der Waals surface area contributed by atoms with Crippen LogP contribution in [0, 0.1) is 5.92 Å². The number of carbonyl (C=O) groups excluding carboxylic acids is 1. The number of nitrogens with one attached hydrogen (secondary N) is 1. The van der Waals surface area contributed by atoms with Gasteiger partial charge in [0.2, 0.25) is 15.9 Å². The number of anilines is 1. The van der Waals surface area contributed by atoms with Crippen LogP contribution in [-0.4, -0.2) is 37.8 Å². The maximum Gasteiger partial charge on any atom is 0.227 e. The molecule has 0 aliphatic carbocycles. The van der Waals surface area contributed by atoms with Crippen molar-refractivity contribution in [2.75, 3.05) is 18.4 Å². The Hall–Kier alpha value is -1.90. The molecule has 2 aromatic rings. The number of sulfonamides is 1. The molecule has 0 unspecified atom stereocenters. The van der Waals surface area contributed by atoms with E-state index in [-0.39, 0.29) is 23.7 Å². The van der Waals surface area contributed by atoms with Crippen LogP contribution in [0.15, 0.2) is 53.0 Å². The van der Waals surface area contributed by atoms with E-state index in [2.05, 4.69) is 21.2 Å². The molecule has 0 saturated carbocycles. The zero-order valence-electron chi connectivity index (χ0n) is 17.2. The minimum absolute atomic E-state index is 0.0358. The lowest BCUT2D eigenvalue weighted by molar-refractivity contribution is -0.120. The van der Waals surface area contributed by atoms with Crippen LogP contribution in [0.25, 0.3) is 0 Å². The van der Waals surface area contributed by atoms with Crippen molar-refractivity contribution in [2.24, 2.45) is 5.92 Å². The Labute approximate surface area is 186 Å². The lowest BCUT2D eigenvalue weighted by atomic mass is 9.97. The first kappa shape index (κ1) is 22.8. The van der Waals surface area contributed by atoms with Crippen molar-refractivity contribution in [3.8, 4) is 5.75 Å². The van der Waals surface area contributed by atoms with E-state index in [0.29, 0.717) is 37.4 Å². The Morgan fingerprint density at radius 1 is 1.17 bits per heavy atom. The normalized spacial score (nSPS) is 15.9. The standard InChI is InChI=1S/C22H27BrN2O4S/c1-16(2)29-21-8-4-7-20(14-21)24-22(26)18-9-11-25(12-10-18)30(27,28)15-17-5-3-6-19(23)13-17/h3-8,13-14,16,18H,9-12,15H2,1-2H3,(H,24,26). The van der Waals surface area contributed by atoms with Gasteiger partial charge in [0.15, 0.2) is 0 Å². The van der Waals surface area contributed by atoms with Crippen LogP contribution in [0.2, 0.25) is 0 Å². The molecule has 2 aromatic carbocycles. The van der Waals surface area contributed by atoms with Crippen LogP contribution in [-0.2, 0) is 20.6 Å². The van der Waals surface area contributed by atoms with Gasteiger partial charge >= 0.3 is 0 Å². The largest absolute Gasteiger partial charge is 0.491 e. The highest BCUT2D eigenvalue weighted by Gasteiger charge is 2.31. The molecule has 6 nitrogen and oxygen atoms in total. The molecule has 1 saturated heterocycles. The monoisotopic (exact) mass is 494 g/mol. The highest BCUT2D eigenvalue weighted by Crippen LogP contribution is 2.25. The second-order valence-corrected chi connectivity index (χ2v) is 10.6. The third-order valence-electron chi connectivity index (χ3n) is 4.93. The highest BCUT2D eigenvalue weighted by molar-refractivity contribution is 9.10. The number of halogens is 1. The van der Waals surface area contributed by atoms with Gasteiger partial charge in [-0.2, -0.15) is 0 Å². The first-order valence-corrected chi connectivity index (χ1v) is 12.4. The number of benzene rings is 2. The van der Waals surface area contributed by atoms with Crippen LogP contribution in [0.3, 0.4) is 0 Å². The molecule has 0 bridgehead atoms. The lowest BCUT2D eigenvalue weighted by Crippen LogP contribution is -2.41. The fourth-order valence-corrected chi connectivity index (χ4v) is 5.49. The fraction of sp³-hybridized carbons (Fsp3) is 0.409. The number of hydrogen-bond donors (Lipinski definition) is 1. The molecule has 30 heavy (non-hydrogen) atoms. The van der Waals surface area contributed by atoms with Gasteiger partial charge in [-0.1, -0.05) is 34.1 Å². The number of amides is 1. The number of piperidine rings is 1. The lowest BCUT2D eigenvalue weighted by Gasteiger charge is -2.30. The molecular weight excluding hydrogens is 468 g/mol. The Balaban J connectivity index is 1.55. The number of nitrogens with zero attached hydrogens (tertiary/aromatic N) is 1. The van der Waals surface area contributed by atoms with Crippen molar-refractivity contribution in [2.45, 2.75) is 38.5 Å². The van der Waals surface area contributed by atoms with Crippen molar-refractivity contribution in [1.82, 2.24) is 4.31 Å². The Bertz CT molecular complexity index is 986. The average Bonchev–Trinajstić information content (AvgIpc) is 2.67. The van der Waals surface area contributed by atoms with Crippen LogP contribution < -0.4 is 10.1 Å². The molecule has 1 N–H and O–H groups in total. The van der Waals surface area contributed by atoms with Crippen molar-refractivity contribution < 1.29 is 17.9 Å². The Morgan fingerprint density at radius 2 is 1.87 bits per heavy atom. The average molecular weight is 495 g/mol. The molecule has 162 valence electrons. The van der Waals surface area contributed by atoms with E-state index in [0.717, 1.165) is 10.0 Å². The van der Waals surface area contributed by atoms with Crippen molar-refractivity contribution in [3.63, 3.8) is 0 Å². The topological polar surface area (TPSA) is 75.7 Å². The van der Waals surface area contributed by atoms with Gasteiger partial charge in [0.1, 0.15) is 5.75 Å². The summed E-state index contributed by atoms with van der Waals surface area (Å²) in [5, 5.41) is 2.93. The van der Waals surface area contributed by atoms with Crippen LogP contribution in [0.4, 0.5) is 5.69 Å². The number of rotatable bonds is 7. The quantitative estimate of drug-likeness (QED) is 0.617. The van der Waals surface area contributed by atoms with E-state index in [4.69, 9.17) is 4.74 Å². The fourth-order valence-electron chi connectivity index (χ4n) is 3.49. The van der Waals surface area contributed by atoms with Gasteiger partial charge in [0.05, 0.1) is 11.9 Å². The molecule has 0 aromatic heterocycles. The molecule has 8 heteroatoms. The van der Waals surface area contributed by atoms with Crippen LogP contribution in [0.1, 0.15) is 32.3 Å². The summed E-state index contributed by atoms with van der Waals surface area (Å²) >= 11 is 3.37. The van der Waals surface area contributed by atoms with E-state index < -0.39 is 10.0 Å². The summed E-state index contributed by atoms with van der Waals surface area (Å²) in [7, 11) is -3.41. The maximum absolute atomic E-state index is 12.8. The summed E-state index contributed by atoms with van der Waals surface area (Å²) in [4.78, 5) is 12.7. The summed E-state index contributed by atoms with van der Waals surface area (Å²) in [5.41, 5.74) is 1.43. The molecule has 3 rings (SSSR count). The summed E-state index contributed by atoms with van der Waals surface area (Å²) in [6.45, 7) is 4.60. The minimum Gasteiger partial charge on any atom is -0.491 e. The predicted molar refractivity (Wildman–Crippen MR) is 122 cm³/mol. The molecule has 0 radical (unpaired) electrons. The maximum atomic E-state index is 12.8. The number of hydrogen-bond acceptors (Lipinski definition) is 4. The first-order chi connectivity index (χ1) is 14.2. The second kappa shape index (κ2) is 9.94. The third-order valence-corrected chi connectivity index (χ3v) is 7.27.